The first-order valence-electron chi connectivity index (χ1n) is 5.87. The molecule has 0 aromatic carbocycles. The van der Waals surface area contributed by atoms with Crippen LogP contribution in [0.2, 0.25) is 0 Å². The van der Waals surface area contributed by atoms with Gasteiger partial charge in [-0.05, 0) is 19.3 Å². The van der Waals surface area contributed by atoms with Crippen LogP contribution in [0.3, 0.4) is 0 Å². The Morgan fingerprint density at radius 3 is 2.82 bits per heavy atom. The number of hydrogen-bond acceptors (Lipinski definition) is 4. The third kappa shape index (κ3) is 5.47. The lowest BCUT2D eigenvalue weighted by Crippen LogP contribution is -2.40. The summed E-state index contributed by atoms with van der Waals surface area (Å²) in [4.78, 5) is 0. The van der Waals surface area contributed by atoms with E-state index in [4.69, 9.17) is 15.9 Å². The summed E-state index contributed by atoms with van der Waals surface area (Å²) >= 11 is 0. The molecule has 1 aliphatic heterocycles. The number of hydrogen-bond donors (Lipinski definition) is 3. The van der Waals surface area contributed by atoms with Crippen molar-refractivity contribution in [1.29, 1.82) is 5.41 Å². The second-order valence-electron chi connectivity index (χ2n) is 4.37. The largest absolute Gasteiger partial charge is 0.388 e. The maximum atomic E-state index is 11.8. The highest BCUT2D eigenvalue weighted by Gasteiger charge is 2.25. The first-order valence-corrected chi connectivity index (χ1v) is 7.52. The third-order valence-electron chi connectivity index (χ3n) is 2.73. The minimum absolute atomic E-state index is 0.00139. The van der Waals surface area contributed by atoms with E-state index in [9.17, 15) is 8.42 Å². The molecule has 0 saturated carbocycles. The molecule has 2 atom stereocenters. The Bertz CT molecular complexity index is 350. The molecule has 0 spiro atoms. The second-order valence-corrected chi connectivity index (χ2v) is 6.17. The van der Waals surface area contributed by atoms with Crippen LogP contribution >= 0.6 is 0 Å². The molecule has 6 nitrogen and oxygen atoms in total. The zero-order chi connectivity index (χ0) is 12.9. The van der Waals surface area contributed by atoms with Crippen LogP contribution in [0, 0.1) is 5.41 Å². The Labute approximate surface area is 102 Å². The maximum Gasteiger partial charge on any atom is 0.214 e. The van der Waals surface area contributed by atoms with Gasteiger partial charge in [-0.15, -0.1) is 0 Å². The van der Waals surface area contributed by atoms with Crippen LogP contribution in [0.25, 0.3) is 0 Å². The Morgan fingerprint density at radius 2 is 2.35 bits per heavy atom. The van der Waals surface area contributed by atoms with Crippen molar-refractivity contribution in [1.82, 2.24) is 4.72 Å². The van der Waals surface area contributed by atoms with E-state index in [-0.39, 0.29) is 30.2 Å². The Morgan fingerprint density at radius 1 is 1.65 bits per heavy atom. The number of rotatable bonds is 7. The fourth-order valence-electron chi connectivity index (χ4n) is 1.86. The van der Waals surface area contributed by atoms with Gasteiger partial charge >= 0.3 is 0 Å². The van der Waals surface area contributed by atoms with Crippen molar-refractivity contribution in [2.24, 2.45) is 5.73 Å². The summed E-state index contributed by atoms with van der Waals surface area (Å²) in [6, 6.07) is -0.293. The van der Waals surface area contributed by atoms with E-state index in [1.165, 1.54) is 0 Å². The van der Waals surface area contributed by atoms with Gasteiger partial charge in [0.25, 0.3) is 0 Å². The van der Waals surface area contributed by atoms with E-state index >= 15 is 0 Å². The molecule has 2 unspecified atom stereocenters. The molecule has 7 heteroatoms. The molecule has 4 N–H and O–H groups in total. The summed E-state index contributed by atoms with van der Waals surface area (Å²) in [6.07, 6.45) is 2.39. The zero-order valence-electron chi connectivity index (χ0n) is 10.1. The van der Waals surface area contributed by atoms with Gasteiger partial charge in [0, 0.05) is 19.1 Å². The molecule has 0 radical (unpaired) electrons. The fourth-order valence-corrected chi connectivity index (χ4v) is 3.46. The molecule has 17 heavy (non-hydrogen) atoms. The highest BCUT2D eigenvalue weighted by Crippen LogP contribution is 2.14. The number of nitrogens with one attached hydrogen (secondary N) is 2. The Hall–Kier alpha value is -0.660. The maximum absolute atomic E-state index is 11.8. The normalized spacial score (nSPS) is 22.5. The molecule has 1 aliphatic rings. The summed E-state index contributed by atoms with van der Waals surface area (Å²) in [7, 11) is -3.35. The first kappa shape index (κ1) is 14.4. The van der Waals surface area contributed by atoms with Crippen LogP contribution < -0.4 is 10.5 Å². The van der Waals surface area contributed by atoms with Crippen LogP contribution in [-0.4, -0.2) is 38.8 Å². The average Bonchev–Trinajstić information content (AvgIpc) is 2.67. The Balaban J connectivity index is 2.48. The smallest absolute Gasteiger partial charge is 0.214 e. The highest BCUT2D eigenvalue weighted by molar-refractivity contribution is 7.89. The van der Waals surface area contributed by atoms with Gasteiger partial charge in [0.05, 0.1) is 17.7 Å². The second kappa shape index (κ2) is 6.32. The number of ether oxygens (including phenoxy) is 1. The van der Waals surface area contributed by atoms with Gasteiger partial charge in [0.2, 0.25) is 10.0 Å². The number of nitrogens with two attached hydrogens (primary N) is 1. The summed E-state index contributed by atoms with van der Waals surface area (Å²) in [5, 5.41) is 7.18. The number of amidine groups is 1. The van der Waals surface area contributed by atoms with Gasteiger partial charge < -0.3 is 10.5 Å². The Kier molecular flexibility index (Phi) is 5.35. The van der Waals surface area contributed by atoms with E-state index in [1.807, 2.05) is 6.92 Å². The predicted octanol–water partition coefficient (Wildman–Crippen LogP) is 0.189. The minimum atomic E-state index is -3.35. The van der Waals surface area contributed by atoms with E-state index in [2.05, 4.69) is 4.72 Å². The standard InChI is InChI=1S/C10H21N3O3S/c1-2-8(6-10(11)12)13-17(14,15)7-9-4-3-5-16-9/h8-9,13H,2-7H2,1H3,(H3,11,12). The van der Waals surface area contributed by atoms with Crippen LogP contribution in [-0.2, 0) is 14.8 Å². The van der Waals surface area contributed by atoms with Gasteiger partial charge in [-0.3, -0.25) is 5.41 Å². The highest BCUT2D eigenvalue weighted by atomic mass is 32.2. The third-order valence-corrected chi connectivity index (χ3v) is 4.24. The quantitative estimate of drug-likeness (QED) is 0.450. The van der Waals surface area contributed by atoms with Crippen molar-refractivity contribution in [3.05, 3.63) is 0 Å². The summed E-state index contributed by atoms with van der Waals surface area (Å²) in [5.41, 5.74) is 5.28. The minimum Gasteiger partial charge on any atom is -0.388 e. The van der Waals surface area contributed by atoms with Gasteiger partial charge in [-0.25, -0.2) is 13.1 Å². The molecule has 100 valence electrons. The molecule has 0 amide bonds. The summed E-state index contributed by atoms with van der Waals surface area (Å²) in [5.74, 6) is -0.00169. The monoisotopic (exact) mass is 263 g/mol. The molecule has 0 aliphatic carbocycles. The van der Waals surface area contributed by atoms with E-state index in [1.54, 1.807) is 0 Å². The molecule has 0 bridgehead atoms. The summed E-state index contributed by atoms with van der Waals surface area (Å²) < 4.78 is 31.5. The molecule has 1 rings (SSSR count). The van der Waals surface area contributed by atoms with Crippen molar-refractivity contribution in [3.63, 3.8) is 0 Å². The lowest BCUT2D eigenvalue weighted by atomic mass is 10.1. The van der Waals surface area contributed by atoms with Crippen molar-refractivity contribution in [2.75, 3.05) is 12.4 Å². The molecule has 0 aromatic heterocycles. The topological polar surface area (TPSA) is 105 Å². The van der Waals surface area contributed by atoms with Crippen LogP contribution in [0.15, 0.2) is 0 Å². The van der Waals surface area contributed by atoms with Crippen LogP contribution in [0.1, 0.15) is 32.6 Å². The molecular weight excluding hydrogens is 242 g/mol. The first-order chi connectivity index (χ1) is 7.93. The van der Waals surface area contributed by atoms with E-state index in [0.29, 0.717) is 13.0 Å². The van der Waals surface area contributed by atoms with E-state index in [0.717, 1.165) is 12.8 Å². The fraction of sp³-hybridized carbons (Fsp3) is 0.900. The molecule has 1 saturated heterocycles. The van der Waals surface area contributed by atoms with Gasteiger partial charge in [0.1, 0.15) is 0 Å². The van der Waals surface area contributed by atoms with Crippen molar-refractivity contribution in [2.45, 2.75) is 44.8 Å². The van der Waals surface area contributed by atoms with Crippen LogP contribution in [0.4, 0.5) is 0 Å². The summed E-state index contributed by atoms with van der Waals surface area (Å²) in [6.45, 7) is 2.51. The number of sulfonamides is 1. The van der Waals surface area contributed by atoms with Crippen molar-refractivity contribution in [3.8, 4) is 0 Å². The SMILES string of the molecule is CCC(CC(=N)N)NS(=O)(=O)CC1CCCO1. The van der Waals surface area contributed by atoms with Crippen molar-refractivity contribution >= 4 is 15.9 Å². The molecule has 0 aromatic rings. The van der Waals surface area contributed by atoms with Gasteiger partial charge in [0.15, 0.2) is 0 Å². The lowest BCUT2D eigenvalue weighted by molar-refractivity contribution is 0.127. The van der Waals surface area contributed by atoms with Gasteiger partial charge in [-0.1, -0.05) is 6.92 Å². The predicted molar refractivity (Wildman–Crippen MR) is 66.5 cm³/mol. The molecular formula is C10H21N3O3S. The van der Waals surface area contributed by atoms with E-state index < -0.39 is 10.0 Å². The molecule has 1 fully saturated rings. The lowest BCUT2D eigenvalue weighted by Gasteiger charge is -2.18. The zero-order valence-corrected chi connectivity index (χ0v) is 10.9. The van der Waals surface area contributed by atoms with Crippen LogP contribution in [0.5, 0.6) is 0 Å². The average molecular weight is 263 g/mol. The molecule has 1 heterocycles. The van der Waals surface area contributed by atoms with Crippen molar-refractivity contribution < 1.29 is 13.2 Å². The van der Waals surface area contributed by atoms with Gasteiger partial charge in [-0.2, -0.15) is 0 Å².